The Bertz CT molecular complexity index is 540. The van der Waals surface area contributed by atoms with E-state index in [0.717, 1.165) is 31.5 Å². The van der Waals surface area contributed by atoms with E-state index in [1.165, 1.54) is 30.5 Å². The van der Waals surface area contributed by atoms with Gasteiger partial charge in [0, 0.05) is 35.6 Å². The van der Waals surface area contributed by atoms with E-state index in [2.05, 4.69) is 15.5 Å². The summed E-state index contributed by atoms with van der Waals surface area (Å²) in [5, 5.41) is 10.6. The minimum atomic E-state index is 0.119. The molecule has 0 saturated heterocycles. The first-order valence-corrected chi connectivity index (χ1v) is 8.36. The summed E-state index contributed by atoms with van der Waals surface area (Å²) in [5.74, 6) is 2.48. The molecule has 2 saturated carbocycles. The maximum absolute atomic E-state index is 12.0. The molecule has 0 radical (unpaired) electrons. The van der Waals surface area contributed by atoms with Gasteiger partial charge >= 0.3 is 0 Å². The van der Waals surface area contributed by atoms with Gasteiger partial charge in [-0.3, -0.25) is 9.89 Å². The van der Waals surface area contributed by atoms with Crippen molar-refractivity contribution < 1.29 is 4.79 Å². The van der Waals surface area contributed by atoms with Crippen LogP contribution >= 0.6 is 0 Å². The standard InChI is InChI=1S/C16H24N4O/c17-11-6-4-9(5-7-11)12-8-13(21)18-16-14(12)15(19-20-16)10-2-1-3-10/h9-12H,1-8,17H2,(H2,18,19,20,21). The van der Waals surface area contributed by atoms with E-state index in [4.69, 9.17) is 5.73 Å². The Hall–Kier alpha value is -1.36. The number of nitrogens with one attached hydrogen (secondary N) is 2. The van der Waals surface area contributed by atoms with Crippen LogP contribution in [0.2, 0.25) is 0 Å². The van der Waals surface area contributed by atoms with Crippen molar-refractivity contribution in [3.05, 3.63) is 11.3 Å². The molecule has 114 valence electrons. The average Bonchev–Trinajstić information content (AvgIpc) is 2.80. The lowest BCUT2D eigenvalue weighted by Gasteiger charge is -2.36. The van der Waals surface area contributed by atoms with Crippen molar-refractivity contribution in [3.63, 3.8) is 0 Å². The number of carbonyl (C=O) groups is 1. The molecule has 1 aromatic heterocycles. The van der Waals surface area contributed by atoms with Crippen LogP contribution in [0.4, 0.5) is 5.82 Å². The fourth-order valence-corrected chi connectivity index (χ4v) is 4.28. The third-order valence-corrected chi connectivity index (χ3v) is 5.77. The van der Waals surface area contributed by atoms with Crippen LogP contribution in [0.15, 0.2) is 0 Å². The lowest BCUT2D eigenvalue weighted by Crippen LogP contribution is -2.33. The monoisotopic (exact) mass is 288 g/mol. The highest BCUT2D eigenvalue weighted by molar-refractivity contribution is 5.94. The fourth-order valence-electron chi connectivity index (χ4n) is 4.28. The summed E-state index contributed by atoms with van der Waals surface area (Å²) in [7, 11) is 0. The smallest absolute Gasteiger partial charge is 0.226 e. The van der Waals surface area contributed by atoms with Crippen LogP contribution in [0.5, 0.6) is 0 Å². The number of hydrogen-bond acceptors (Lipinski definition) is 3. The number of anilines is 1. The van der Waals surface area contributed by atoms with Gasteiger partial charge in [0.15, 0.2) is 5.82 Å². The Morgan fingerprint density at radius 1 is 1.10 bits per heavy atom. The molecule has 1 atom stereocenters. The molecule has 5 nitrogen and oxygen atoms in total. The molecule has 4 N–H and O–H groups in total. The zero-order chi connectivity index (χ0) is 14.4. The van der Waals surface area contributed by atoms with Gasteiger partial charge in [0.05, 0.1) is 0 Å². The molecule has 21 heavy (non-hydrogen) atoms. The first kappa shape index (κ1) is 13.3. The molecule has 0 aromatic carbocycles. The Balaban J connectivity index is 1.65. The van der Waals surface area contributed by atoms with E-state index in [1.54, 1.807) is 0 Å². The van der Waals surface area contributed by atoms with Crippen molar-refractivity contribution in [1.82, 2.24) is 10.2 Å². The minimum absolute atomic E-state index is 0.119. The fraction of sp³-hybridized carbons (Fsp3) is 0.750. The van der Waals surface area contributed by atoms with Gasteiger partial charge in [0.1, 0.15) is 0 Å². The Labute approximate surface area is 125 Å². The summed E-state index contributed by atoms with van der Waals surface area (Å²) in [5.41, 5.74) is 8.66. The average molecular weight is 288 g/mol. The number of fused-ring (bicyclic) bond motifs is 1. The summed E-state index contributed by atoms with van der Waals surface area (Å²) >= 11 is 0. The summed E-state index contributed by atoms with van der Waals surface area (Å²) < 4.78 is 0. The van der Waals surface area contributed by atoms with Crippen LogP contribution in [0, 0.1) is 5.92 Å². The molecule has 2 heterocycles. The van der Waals surface area contributed by atoms with Crippen LogP contribution in [0.1, 0.15) is 74.5 Å². The second kappa shape index (κ2) is 5.13. The van der Waals surface area contributed by atoms with Crippen molar-refractivity contribution in [2.24, 2.45) is 11.7 Å². The van der Waals surface area contributed by atoms with Crippen molar-refractivity contribution in [3.8, 4) is 0 Å². The zero-order valence-electron chi connectivity index (χ0n) is 12.4. The highest BCUT2D eigenvalue weighted by Crippen LogP contribution is 2.48. The summed E-state index contributed by atoms with van der Waals surface area (Å²) in [6.45, 7) is 0. The zero-order valence-corrected chi connectivity index (χ0v) is 12.4. The van der Waals surface area contributed by atoms with Crippen LogP contribution in [0.25, 0.3) is 0 Å². The van der Waals surface area contributed by atoms with Gasteiger partial charge < -0.3 is 11.1 Å². The number of hydrogen-bond donors (Lipinski definition) is 3. The van der Waals surface area contributed by atoms with Crippen LogP contribution in [0.3, 0.4) is 0 Å². The van der Waals surface area contributed by atoms with E-state index < -0.39 is 0 Å². The number of carbonyl (C=O) groups excluding carboxylic acids is 1. The quantitative estimate of drug-likeness (QED) is 0.782. The molecule has 4 rings (SSSR count). The number of amides is 1. The van der Waals surface area contributed by atoms with Gasteiger partial charge in [0.25, 0.3) is 0 Å². The molecule has 1 amide bonds. The third kappa shape index (κ3) is 2.27. The van der Waals surface area contributed by atoms with E-state index >= 15 is 0 Å². The van der Waals surface area contributed by atoms with Gasteiger partial charge in [-0.15, -0.1) is 0 Å². The van der Waals surface area contributed by atoms with E-state index in [9.17, 15) is 4.79 Å². The van der Waals surface area contributed by atoms with Crippen molar-refractivity contribution >= 4 is 11.7 Å². The summed E-state index contributed by atoms with van der Waals surface area (Å²) in [4.78, 5) is 12.0. The number of nitrogens with two attached hydrogens (primary N) is 1. The lowest BCUT2D eigenvalue weighted by atomic mass is 9.70. The molecule has 3 aliphatic rings. The molecule has 0 bridgehead atoms. The summed E-state index contributed by atoms with van der Waals surface area (Å²) in [6, 6.07) is 0.355. The third-order valence-electron chi connectivity index (χ3n) is 5.77. The molecule has 1 unspecified atom stereocenters. The Morgan fingerprint density at radius 3 is 2.52 bits per heavy atom. The largest absolute Gasteiger partial charge is 0.328 e. The van der Waals surface area contributed by atoms with Crippen LogP contribution in [-0.2, 0) is 4.79 Å². The molecule has 2 aliphatic carbocycles. The van der Waals surface area contributed by atoms with Crippen molar-refractivity contribution in [2.75, 3.05) is 5.32 Å². The molecule has 5 heteroatoms. The number of aromatic nitrogens is 2. The predicted octanol–water partition coefficient (Wildman–Crippen LogP) is 2.62. The van der Waals surface area contributed by atoms with E-state index in [0.29, 0.717) is 30.2 Å². The second-order valence-electron chi connectivity index (χ2n) is 7.06. The highest BCUT2D eigenvalue weighted by Gasteiger charge is 2.39. The minimum Gasteiger partial charge on any atom is -0.328 e. The SMILES string of the molecule is NC1CCC(C2CC(=O)Nc3n[nH]c(C4CCC4)c32)CC1. The molecular weight excluding hydrogens is 264 g/mol. The number of aromatic amines is 1. The van der Waals surface area contributed by atoms with Crippen LogP contribution in [-0.4, -0.2) is 22.1 Å². The van der Waals surface area contributed by atoms with Crippen molar-refractivity contribution in [1.29, 1.82) is 0 Å². The number of nitrogens with zero attached hydrogens (tertiary/aromatic N) is 1. The van der Waals surface area contributed by atoms with Gasteiger partial charge in [0.2, 0.25) is 5.91 Å². The molecule has 2 fully saturated rings. The topological polar surface area (TPSA) is 83.8 Å². The number of rotatable bonds is 2. The van der Waals surface area contributed by atoms with Crippen molar-refractivity contribution in [2.45, 2.75) is 69.2 Å². The molecular formula is C16H24N4O. The van der Waals surface area contributed by atoms with Gasteiger partial charge in [-0.2, -0.15) is 5.10 Å². The second-order valence-corrected chi connectivity index (χ2v) is 7.06. The first-order valence-electron chi connectivity index (χ1n) is 8.36. The molecule has 1 aliphatic heterocycles. The van der Waals surface area contributed by atoms with Gasteiger partial charge in [-0.1, -0.05) is 6.42 Å². The summed E-state index contributed by atoms with van der Waals surface area (Å²) in [6.07, 6.45) is 8.92. The molecule has 0 spiro atoms. The predicted molar refractivity (Wildman–Crippen MR) is 81.1 cm³/mol. The van der Waals surface area contributed by atoms with Gasteiger partial charge in [-0.25, -0.2) is 0 Å². The van der Waals surface area contributed by atoms with E-state index in [-0.39, 0.29) is 5.91 Å². The normalized spacial score (nSPS) is 33.2. The Kier molecular flexibility index (Phi) is 3.25. The van der Waals surface area contributed by atoms with Gasteiger partial charge in [-0.05, 0) is 44.4 Å². The maximum atomic E-state index is 12.0. The maximum Gasteiger partial charge on any atom is 0.226 e. The first-order chi connectivity index (χ1) is 10.2. The van der Waals surface area contributed by atoms with Crippen LogP contribution < -0.4 is 11.1 Å². The highest BCUT2D eigenvalue weighted by atomic mass is 16.1. The lowest BCUT2D eigenvalue weighted by molar-refractivity contribution is -0.117. The number of H-pyrrole nitrogens is 1. The Morgan fingerprint density at radius 2 is 1.86 bits per heavy atom. The van der Waals surface area contributed by atoms with E-state index in [1.807, 2.05) is 0 Å². The molecule has 1 aromatic rings.